The number of likely N-dealkylation sites (tertiary alicyclic amines) is 1. The van der Waals surface area contributed by atoms with Gasteiger partial charge >= 0.3 is 0 Å². The normalized spacial score (nSPS) is 15.0. The monoisotopic (exact) mass is 422 g/mol. The van der Waals surface area contributed by atoms with Gasteiger partial charge in [0.25, 0.3) is 11.8 Å². The number of benzene rings is 2. The number of hydrogen-bond acceptors (Lipinski definition) is 2. The van der Waals surface area contributed by atoms with Gasteiger partial charge in [-0.1, -0.05) is 22.0 Å². The lowest BCUT2D eigenvalue weighted by atomic mass is 10.0. The Morgan fingerprint density at radius 2 is 1.81 bits per heavy atom. The molecule has 0 radical (unpaired) electrons. The van der Waals surface area contributed by atoms with Crippen LogP contribution in [-0.4, -0.2) is 35.8 Å². The molecule has 0 saturated carbocycles. The molecule has 1 N–H and O–H groups in total. The molecule has 0 unspecified atom stereocenters. The highest BCUT2D eigenvalue weighted by Crippen LogP contribution is 2.18. The van der Waals surface area contributed by atoms with Crippen molar-refractivity contribution < 1.29 is 18.4 Å². The molecular formula is C19H17BrF2N2O2. The molecule has 1 aliphatic heterocycles. The van der Waals surface area contributed by atoms with Gasteiger partial charge in [-0.05, 0) is 43.2 Å². The summed E-state index contributed by atoms with van der Waals surface area (Å²) in [4.78, 5) is 26.2. The average Bonchev–Trinajstić information content (AvgIpc) is 2.62. The highest BCUT2D eigenvalue weighted by Gasteiger charge is 2.26. The minimum atomic E-state index is -0.861. The van der Waals surface area contributed by atoms with Crippen LogP contribution in [0.25, 0.3) is 0 Å². The van der Waals surface area contributed by atoms with Crippen LogP contribution >= 0.6 is 15.9 Å². The fourth-order valence-corrected chi connectivity index (χ4v) is 3.36. The summed E-state index contributed by atoms with van der Waals surface area (Å²) in [6.07, 6.45) is 1.16. The molecule has 2 amide bonds. The first-order valence-corrected chi connectivity index (χ1v) is 9.04. The molecule has 1 saturated heterocycles. The number of piperidine rings is 1. The SMILES string of the molecule is O=C(NC1CCN(C(=O)c2ccc(F)cc2F)CC1)c1cccc(Br)c1. The fourth-order valence-electron chi connectivity index (χ4n) is 2.96. The quantitative estimate of drug-likeness (QED) is 0.818. The summed E-state index contributed by atoms with van der Waals surface area (Å²) in [6.45, 7) is 0.804. The number of nitrogens with one attached hydrogen (secondary N) is 1. The lowest BCUT2D eigenvalue weighted by Crippen LogP contribution is -2.46. The minimum Gasteiger partial charge on any atom is -0.349 e. The van der Waals surface area contributed by atoms with Crippen LogP contribution in [0.5, 0.6) is 0 Å². The Morgan fingerprint density at radius 1 is 1.08 bits per heavy atom. The first-order valence-electron chi connectivity index (χ1n) is 8.25. The van der Waals surface area contributed by atoms with Crippen molar-refractivity contribution >= 4 is 27.7 Å². The number of nitrogens with zero attached hydrogens (tertiary/aromatic N) is 1. The highest BCUT2D eigenvalue weighted by atomic mass is 79.9. The lowest BCUT2D eigenvalue weighted by molar-refractivity contribution is 0.0693. The number of hydrogen-bond donors (Lipinski definition) is 1. The molecule has 2 aromatic carbocycles. The molecule has 26 heavy (non-hydrogen) atoms. The maximum Gasteiger partial charge on any atom is 0.256 e. The summed E-state index contributed by atoms with van der Waals surface area (Å²) in [6, 6.07) is 9.99. The summed E-state index contributed by atoms with van der Waals surface area (Å²) in [7, 11) is 0. The van der Waals surface area contributed by atoms with Crippen molar-refractivity contribution in [3.8, 4) is 0 Å². The van der Waals surface area contributed by atoms with E-state index in [1.54, 1.807) is 18.2 Å². The Bertz CT molecular complexity index is 836. The van der Waals surface area contributed by atoms with Gasteiger partial charge in [-0.3, -0.25) is 9.59 Å². The first-order chi connectivity index (χ1) is 12.4. The van der Waals surface area contributed by atoms with Crippen molar-refractivity contribution in [2.24, 2.45) is 0 Å². The predicted molar refractivity (Wildman–Crippen MR) is 96.9 cm³/mol. The van der Waals surface area contributed by atoms with Crippen LogP contribution in [0.15, 0.2) is 46.9 Å². The van der Waals surface area contributed by atoms with Crippen molar-refractivity contribution in [2.45, 2.75) is 18.9 Å². The maximum atomic E-state index is 13.8. The van der Waals surface area contributed by atoms with Crippen LogP contribution < -0.4 is 5.32 Å². The lowest BCUT2D eigenvalue weighted by Gasteiger charge is -2.32. The first kappa shape index (κ1) is 18.5. The molecule has 3 rings (SSSR count). The second kappa shape index (κ2) is 7.95. The van der Waals surface area contributed by atoms with Gasteiger partial charge in [0.05, 0.1) is 5.56 Å². The number of amides is 2. The topological polar surface area (TPSA) is 49.4 Å². The standard InChI is InChI=1S/C19H17BrF2N2O2/c20-13-3-1-2-12(10-13)18(25)23-15-6-8-24(9-7-15)19(26)16-5-4-14(21)11-17(16)22/h1-5,10-11,15H,6-9H2,(H,23,25). The third-order valence-electron chi connectivity index (χ3n) is 4.37. The summed E-state index contributed by atoms with van der Waals surface area (Å²) < 4.78 is 27.6. The molecule has 1 heterocycles. The number of rotatable bonds is 3. The van der Waals surface area contributed by atoms with Crippen molar-refractivity contribution in [3.63, 3.8) is 0 Å². The van der Waals surface area contributed by atoms with Gasteiger partial charge in [-0.25, -0.2) is 8.78 Å². The zero-order valence-corrected chi connectivity index (χ0v) is 15.4. The van der Waals surface area contributed by atoms with Gasteiger partial charge in [0.1, 0.15) is 11.6 Å². The molecule has 0 aliphatic carbocycles. The van der Waals surface area contributed by atoms with E-state index >= 15 is 0 Å². The van der Waals surface area contributed by atoms with Crippen molar-refractivity contribution in [1.82, 2.24) is 10.2 Å². The van der Waals surface area contributed by atoms with Gasteiger partial charge in [0.15, 0.2) is 0 Å². The molecule has 0 aromatic heterocycles. The Kier molecular flexibility index (Phi) is 5.66. The number of carbonyl (C=O) groups is 2. The number of carbonyl (C=O) groups excluding carboxylic acids is 2. The maximum absolute atomic E-state index is 13.8. The predicted octanol–water partition coefficient (Wildman–Crippen LogP) is 3.76. The molecule has 2 aromatic rings. The Hall–Kier alpha value is -2.28. The highest BCUT2D eigenvalue weighted by molar-refractivity contribution is 9.10. The van der Waals surface area contributed by atoms with Gasteiger partial charge in [-0.2, -0.15) is 0 Å². The Morgan fingerprint density at radius 3 is 2.46 bits per heavy atom. The van der Waals surface area contributed by atoms with Crippen LogP contribution in [0.3, 0.4) is 0 Å². The summed E-state index contributed by atoms with van der Waals surface area (Å²) in [5, 5.41) is 2.96. The van der Waals surface area contributed by atoms with Crippen molar-refractivity contribution in [3.05, 3.63) is 69.7 Å². The Labute approximate surface area is 158 Å². The average molecular weight is 423 g/mol. The van der Waals surface area contributed by atoms with Crippen LogP contribution in [0.2, 0.25) is 0 Å². The zero-order chi connectivity index (χ0) is 18.7. The van der Waals surface area contributed by atoms with E-state index in [4.69, 9.17) is 0 Å². The molecular weight excluding hydrogens is 406 g/mol. The minimum absolute atomic E-state index is 0.0522. The third kappa shape index (κ3) is 4.27. The molecule has 1 aliphatic rings. The van der Waals surface area contributed by atoms with Crippen LogP contribution in [0, 0.1) is 11.6 Å². The van der Waals surface area contributed by atoms with E-state index in [-0.39, 0.29) is 17.5 Å². The second-order valence-corrected chi connectivity index (χ2v) is 7.09. The molecule has 0 bridgehead atoms. The molecule has 1 fully saturated rings. The Balaban J connectivity index is 1.57. The van der Waals surface area contributed by atoms with Gasteiger partial charge in [0.2, 0.25) is 0 Å². The molecule has 136 valence electrons. The van der Waals surface area contributed by atoms with Crippen LogP contribution in [0.1, 0.15) is 33.6 Å². The third-order valence-corrected chi connectivity index (χ3v) is 4.86. The molecule has 7 heteroatoms. The largest absolute Gasteiger partial charge is 0.349 e. The van der Waals surface area contributed by atoms with Crippen molar-refractivity contribution in [1.29, 1.82) is 0 Å². The van der Waals surface area contributed by atoms with Gasteiger partial charge in [-0.15, -0.1) is 0 Å². The van der Waals surface area contributed by atoms with Gasteiger partial charge in [0, 0.05) is 35.2 Å². The zero-order valence-electron chi connectivity index (χ0n) is 13.8. The summed E-state index contributed by atoms with van der Waals surface area (Å²) in [5.74, 6) is -2.20. The van der Waals surface area contributed by atoms with Gasteiger partial charge < -0.3 is 10.2 Å². The van der Waals surface area contributed by atoms with Crippen molar-refractivity contribution in [2.75, 3.05) is 13.1 Å². The number of halogens is 3. The molecule has 0 atom stereocenters. The summed E-state index contributed by atoms with van der Waals surface area (Å²) >= 11 is 3.33. The smallest absolute Gasteiger partial charge is 0.256 e. The van der Waals surface area contributed by atoms with E-state index in [1.807, 2.05) is 6.07 Å². The second-order valence-electron chi connectivity index (χ2n) is 6.17. The van der Waals surface area contributed by atoms with Crippen LogP contribution in [0.4, 0.5) is 8.78 Å². The van der Waals surface area contributed by atoms with E-state index < -0.39 is 17.5 Å². The van der Waals surface area contributed by atoms with E-state index in [0.29, 0.717) is 37.6 Å². The molecule has 4 nitrogen and oxygen atoms in total. The van der Waals surface area contributed by atoms with E-state index in [1.165, 1.54) is 4.90 Å². The van der Waals surface area contributed by atoms with Crippen LogP contribution in [-0.2, 0) is 0 Å². The summed E-state index contributed by atoms with van der Waals surface area (Å²) in [5.41, 5.74) is 0.425. The van der Waals surface area contributed by atoms with E-state index in [2.05, 4.69) is 21.2 Å². The fraction of sp³-hybridized carbons (Fsp3) is 0.263. The van der Waals surface area contributed by atoms with E-state index in [9.17, 15) is 18.4 Å². The van der Waals surface area contributed by atoms with E-state index in [0.717, 1.165) is 16.6 Å². The molecule has 0 spiro atoms.